The molecule has 0 atom stereocenters. The van der Waals surface area contributed by atoms with Crippen molar-refractivity contribution in [2.75, 3.05) is 19.0 Å². The fourth-order valence-electron chi connectivity index (χ4n) is 2.78. The van der Waals surface area contributed by atoms with Gasteiger partial charge < -0.3 is 19.5 Å². The van der Waals surface area contributed by atoms with E-state index in [2.05, 4.69) is 21.2 Å². The van der Waals surface area contributed by atoms with Crippen LogP contribution in [0.25, 0.3) is 0 Å². The molecule has 3 aromatic carbocycles. The van der Waals surface area contributed by atoms with Gasteiger partial charge in [0.25, 0.3) is 0 Å². The van der Waals surface area contributed by atoms with E-state index in [-0.39, 0.29) is 0 Å². The lowest BCUT2D eigenvalue weighted by atomic mass is 10.2. The van der Waals surface area contributed by atoms with Crippen molar-refractivity contribution in [1.29, 1.82) is 0 Å². The van der Waals surface area contributed by atoms with Crippen molar-refractivity contribution < 1.29 is 14.2 Å². The SMILES string of the molecule is CCOc1ccc(NCc2cc(Br)c(OCc3ccccc3)c(OC)c2)cc1. The molecule has 5 heteroatoms. The Labute approximate surface area is 174 Å². The van der Waals surface area contributed by atoms with Crippen LogP contribution < -0.4 is 19.5 Å². The Morgan fingerprint density at radius 1 is 0.893 bits per heavy atom. The topological polar surface area (TPSA) is 39.7 Å². The van der Waals surface area contributed by atoms with Crippen LogP contribution in [-0.4, -0.2) is 13.7 Å². The number of hydrogen-bond acceptors (Lipinski definition) is 4. The molecule has 4 nitrogen and oxygen atoms in total. The second kappa shape index (κ2) is 10.0. The lowest BCUT2D eigenvalue weighted by Crippen LogP contribution is -2.03. The first-order valence-corrected chi connectivity index (χ1v) is 9.98. The quantitative estimate of drug-likeness (QED) is 0.438. The smallest absolute Gasteiger partial charge is 0.175 e. The summed E-state index contributed by atoms with van der Waals surface area (Å²) >= 11 is 3.62. The van der Waals surface area contributed by atoms with Crippen molar-refractivity contribution in [2.45, 2.75) is 20.1 Å². The summed E-state index contributed by atoms with van der Waals surface area (Å²) in [6.07, 6.45) is 0. The molecular weight excluding hydrogens is 418 g/mol. The zero-order chi connectivity index (χ0) is 19.8. The minimum Gasteiger partial charge on any atom is -0.494 e. The van der Waals surface area contributed by atoms with Crippen molar-refractivity contribution >= 4 is 21.6 Å². The van der Waals surface area contributed by atoms with Crippen LogP contribution in [0, 0.1) is 0 Å². The molecule has 0 saturated carbocycles. The molecule has 0 saturated heterocycles. The molecule has 0 spiro atoms. The lowest BCUT2D eigenvalue weighted by Gasteiger charge is -2.15. The molecule has 3 aromatic rings. The Hall–Kier alpha value is -2.66. The molecule has 0 bridgehead atoms. The van der Waals surface area contributed by atoms with Gasteiger partial charge in [0.15, 0.2) is 11.5 Å². The van der Waals surface area contributed by atoms with Gasteiger partial charge in [-0.05, 0) is 70.4 Å². The molecule has 0 aromatic heterocycles. The number of halogens is 1. The maximum Gasteiger partial charge on any atom is 0.175 e. The highest BCUT2D eigenvalue weighted by molar-refractivity contribution is 9.10. The maximum atomic E-state index is 5.99. The molecule has 0 fully saturated rings. The van der Waals surface area contributed by atoms with Crippen LogP contribution in [0.5, 0.6) is 17.2 Å². The van der Waals surface area contributed by atoms with Crippen LogP contribution in [0.2, 0.25) is 0 Å². The van der Waals surface area contributed by atoms with Gasteiger partial charge in [0, 0.05) is 12.2 Å². The van der Waals surface area contributed by atoms with Crippen LogP contribution in [0.4, 0.5) is 5.69 Å². The third-order valence-electron chi connectivity index (χ3n) is 4.18. The zero-order valence-electron chi connectivity index (χ0n) is 16.1. The first-order chi connectivity index (χ1) is 13.7. The summed E-state index contributed by atoms with van der Waals surface area (Å²) in [6, 6.07) is 22.0. The van der Waals surface area contributed by atoms with Gasteiger partial charge in [-0.1, -0.05) is 30.3 Å². The van der Waals surface area contributed by atoms with Gasteiger partial charge in [-0.25, -0.2) is 0 Å². The van der Waals surface area contributed by atoms with Gasteiger partial charge in [0.05, 0.1) is 18.2 Å². The number of nitrogens with one attached hydrogen (secondary N) is 1. The first kappa shape index (κ1) is 20.1. The predicted molar refractivity (Wildman–Crippen MR) is 116 cm³/mol. The molecule has 28 heavy (non-hydrogen) atoms. The Kier molecular flexibility index (Phi) is 7.20. The van der Waals surface area contributed by atoms with Gasteiger partial charge in [0.1, 0.15) is 12.4 Å². The molecule has 0 amide bonds. The molecule has 0 unspecified atom stereocenters. The van der Waals surface area contributed by atoms with Crippen molar-refractivity contribution in [3.05, 3.63) is 82.3 Å². The highest BCUT2D eigenvalue weighted by Gasteiger charge is 2.12. The Morgan fingerprint density at radius 3 is 2.32 bits per heavy atom. The normalized spacial score (nSPS) is 10.4. The number of ether oxygens (including phenoxy) is 3. The average Bonchev–Trinajstić information content (AvgIpc) is 2.73. The summed E-state index contributed by atoms with van der Waals surface area (Å²) in [5.74, 6) is 2.28. The molecule has 0 aliphatic carbocycles. The standard InChI is InChI=1S/C23H24BrNO3/c1-3-27-20-11-9-19(10-12-20)25-15-18-13-21(24)23(22(14-18)26-2)28-16-17-7-5-4-6-8-17/h4-14,25H,3,15-16H2,1-2H3. The summed E-state index contributed by atoms with van der Waals surface area (Å²) in [5, 5.41) is 3.41. The number of anilines is 1. The van der Waals surface area contributed by atoms with E-state index in [0.29, 0.717) is 31.3 Å². The van der Waals surface area contributed by atoms with Crippen molar-refractivity contribution in [1.82, 2.24) is 0 Å². The second-order valence-electron chi connectivity index (χ2n) is 6.19. The highest BCUT2D eigenvalue weighted by atomic mass is 79.9. The molecular formula is C23H24BrNO3. The van der Waals surface area contributed by atoms with E-state index in [1.165, 1.54) is 0 Å². The summed E-state index contributed by atoms with van der Waals surface area (Å²) in [7, 11) is 1.65. The Bertz CT molecular complexity index is 882. The van der Waals surface area contributed by atoms with E-state index in [1.54, 1.807) is 7.11 Å². The van der Waals surface area contributed by atoms with Crippen LogP contribution in [0.1, 0.15) is 18.1 Å². The molecule has 0 aliphatic rings. The van der Waals surface area contributed by atoms with Gasteiger partial charge in [-0.2, -0.15) is 0 Å². The van der Waals surface area contributed by atoms with Crippen LogP contribution in [-0.2, 0) is 13.2 Å². The predicted octanol–water partition coefficient (Wildman–Crippen LogP) is 6.05. The number of rotatable bonds is 9. The van der Waals surface area contributed by atoms with E-state index in [0.717, 1.165) is 27.0 Å². The zero-order valence-corrected chi connectivity index (χ0v) is 17.7. The molecule has 0 aliphatic heterocycles. The highest BCUT2D eigenvalue weighted by Crippen LogP contribution is 2.37. The van der Waals surface area contributed by atoms with Crippen molar-refractivity contribution in [3.8, 4) is 17.2 Å². The summed E-state index contributed by atoms with van der Waals surface area (Å²) in [5.41, 5.74) is 3.23. The van der Waals surface area contributed by atoms with E-state index in [9.17, 15) is 0 Å². The van der Waals surface area contributed by atoms with Crippen LogP contribution in [0.3, 0.4) is 0 Å². The van der Waals surface area contributed by atoms with E-state index in [4.69, 9.17) is 14.2 Å². The van der Waals surface area contributed by atoms with Gasteiger partial charge in [-0.15, -0.1) is 0 Å². The lowest BCUT2D eigenvalue weighted by molar-refractivity contribution is 0.282. The van der Waals surface area contributed by atoms with Crippen LogP contribution in [0.15, 0.2) is 71.2 Å². The summed E-state index contributed by atoms with van der Waals surface area (Å²) in [6.45, 7) is 3.80. The summed E-state index contributed by atoms with van der Waals surface area (Å²) < 4.78 is 17.9. The minimum absolute atomic E-state index is 0.486. The van der Waals surface area contributed by atoms with Gasteiger partial charge >= 0.3 is 0 Å². The Morgan fingerprint density at radius 2 is 1.64 bits per heavy atom. The monoisotopic (exact) mass is 441 g/mol. The van der Waals surface area contributed by atoms with Crippen molar-refractivity contribution in [3.63, 3.8) is 0 Å². The maximum absolute atomic E-state index is 5.99. The van der Waals surface area contributed by atoms with E-state index >= 15 is 0 Å². The molecule has 0 heterocycles. The number of hydrogen-bond donors (Lipinski definition) is 1. The van der Waals surface area contributed by atoms with E-state index in [1.807, 2.05) is 73.7 Å². The number of benzene rings is 3. The molecule has 0 radical (unpaired) electrons. The number of methoxy groups -OCH3 is 1. The molecule has 1 N–H and O–H groups in total. The second-order valence-corrected chi connectivity index (χ2v) is 7.05. The fourth-order valence-corrected chi connectivity index (χ4v) is 3.39. The van der Waals surface area contributed by atoms with Crippen molar-refractivity contribution in [2.24, 2.45) is 0 Å². The third-order valence-corrected chi connectivity index (χ3v) is 4.77. The van der Waals surface area contributed by atoms with Gasteiger partial charge in [-0.3, -0.25) is 0 Å². The summed E-state index contributed by atoms with van der Waals surface area (Å²) in [4.78, 5) is 0. The average molecular weight is 442 g/mol. The molecule has 3 rings (SSSR count). The first-order valence-electron chi connectivity index (χ1n) is 9.19. The van der Waals surface area contributed by atoms with Crippen LogP contribution >= 0.6 is 15.9 Å². The largest absolute Gasteiger partial charge is 0.494 e. The van der Waals surface area contributed by atoms with Gasteiger partial charge in [0.2, 0.25) is 0 Å². The third kappa shape index (κ3) is 5.42. The minimum atomic E-state index is 0.486. The Balaban J connectivity index is 1.66. The molecule has 146 valence electrons. The van der Waals surface area contributed by atoms with E-state index < -0.39 is 0 Å². The fraction of sp³-hybridized carbons (Fsp3) is 0.217.